The lowest BCUT2D eigenvalue weighted by Gasteiger charge is -2.09. The zero-order chi connectivity index (χ0) is 18.0. The zero-order valence-electron chi connectivity index (χ0n) is 13.5. The summed E-state index contributed by atoms with van der Waals surface area (Å²) in [7, 11) is 0. The van der Waals surface area contributed by atoms with Crippen molar-refractivity contribution in [2.75, 3.05) is 0 Å². The number of carbonyl (C=O) groups is 1. The van der Waals surface area contributed by atoms with Gasteiger partial charge >= 0.3 is 0 Å². The highest BCUT2D eigenvalue weighted by Crippen LogP contribution is 2.13. The number of hydrogen-bond donors (Lipinski definition) is 0. The Hall–Kier alpha value is -3.08. The minimum Gasteiger partial charge on any atom is -0.294 e. The van der Waals surface area contributed by atoms with E-state index in [0.29, 0.717) is 16.8 Å². The van der Waals surface area contributed by atoms with Crippen LogP contribution >= 0.6 is 0 Å². The van der Waals surface area contributed by atoms with Crippen molar-refractivity contribution in [1.82, 2.24) is 4.57 Å². The number of hydrogen-bond acceptors (Lipinski definition) is 2. The normalized spacial score (nSPS) is 10.7. The highest BCUT2D eigenvalue weighted by Gasteiger charge is 2.14. The van der Waals surface area contributed by atoms with Gasteiger partial charge in [0.15, 0.2) is 5.78 Å². The molecule has 0 radical (unpaired) electrons. The van der Waals surface area contributed by atoms with Gasteiger partial charge in [-0.25, -0.2) is 8.78 Å². The molecule has 3 aromatic rings. The molecule has 0 saturated heterocycles. The summed E-state index contributed by atoms with van der Waals surface area (Å²) in [5.41, 5.74) is 0.929. The zero-order valence-corrected chi connectivity index (χ0v) is 13.5. The Kier molecular flexibility index (Phi) is 4.57. The molecule has 5 heteroatoms. The average molecular weight is 339 g/mol. The highest BCUT2D eigenvalue weighted by atomic mass is 19.1. The van der Waals surface area contributed by atoms with Gasteiger partial charge in [0.1, 0.15) is 11.6 Å². The first-order valence-corrected chi connectivity index (χ1v) is 7.71. The van der Waals surface area contributed by atoms with Crippen LogP contribution in [0.5, 0.6) is 0 Å². The summed E-state index contributed by atoms with van der Waals surface area (Å²) >= 11 is 0. The molecular weight excluding hydrogens is 324 g/mol. The summed E-state index contributed by atoms with van der Waals surface area (Å²) in [6.07, 6.45) is 1.48. The highest BCUT2D eigenvalue weighted by molar-refractivity contribution is 5.97. The molecule has 25 heavy (non-hydrogen) atoms. The number of carbonyl (C=O) groups excluding carboxylic acids is 1. The third-order valence-corrected chi connectivity index (χ3v) is 3.96. The maximum atomic E-state index is 13.8. The Morgan fingerprint density at radius 2 is 1.76 bits per heavy atom. The molecule has 0 spiro atoms. The second-order valence-electron chi connectivity index (χ2n) is 5.76. The quantitative estimate of drug-likeness (QED) is 0.677. The summed E-state index contributed by atoms with van der Waals surface area (Å²) < 4.78 is 27.9. The van der Waals surface area contributed by atoms with E-state index in [1.807, 2.05) is 0 Å². The van der Waals surface area contributed by atoms with Crippen molar-refractivity contribution in [3.05, 3.63) is 99.5 Å². The molecule has 0 atom stereocenters. The number of benzene rings is 2. The van der Waals surface area contributed by atoms with Crippen molar-refractivity contribution in [2.24, 2.45) is 0 Å². The SMILES string of the molecule is Cc1ccc(-n2cccc(C(=O)Cc3ccc(F)cc3)c2=O)cc1F. The van der Waals surface area contributed by atoms with Crippen molar-refractivity contribution in [3.63, 3.8) is 0 Å². The molecule has 126 valence electrons. The van der Waals surface area contributed by atoms with Crippen LogP contribution in [0.25, 0.3) is 5.69 Å². The third kappa shape index (κ3) is 3.55. The van der Waals surface area contributed by atoms with Crippen LogP contribution in [0.4, 0.5) is 8.78 Å². The molecule has 0 aliphatic carbocycles. The monoisotopic (exact) mass is 339 g/mol. The molecule has 0 aliphatic heterocycles. The molecule has 0 N–H and O–H groups in total. The van der Waals surface area contributed by atoms with Gasteiger partial charge < -0.3 is 0 Å². The van der Waals surface area contributed by atoms with E-state index in [2.05, 4.69) is 0 Å². The van der Waals surface area contributed by atoms with E-state index in [0.717, 1.165) is 0 Å². The minimum atomic E-state index is -0.516. The van der Waals surface area contributed by atoms with Gasteiger partial charge in [-0.2, -0.15) is 0 Å². The smallest absolute Gasteiger partial charge is 0.265 e. The lowest BCUT2D eigenvalue weighted by Crippen LogP contribution is -2.25. The number of nitrogens with zero attached hydrogens (tertiary/aromatic N) is 1. The van der Waals surface area contributed by atoms with Gasteiger partial charge in [0.05, 0.1) is 11.3 Å². The Balaban J connectivity index is 1.95. The lowest BCUT2D eigenvalue weighted by atomic mass is 10.0. The van der Waals surface area contributed by atoms with Crippen molar-refractivity contribution in [3.8, 4) is 5.69 Å². The van der Waals surface area contributed by atoms with Crippen LogP contribution in [0, 0.1) is 18.6 Å². The van der Waals surface area contributed by atoms with Gasteiger partial charge in [0.2, 0.25) is 0 Å². The molecule has 0 bridgehead atoms. The number of halogens is 2. The topological polar surface area (TPSA) is 39.1 Å². The van der Waals surface area contributed by atoms with E-state index < -0.39 is 11.4 Å². The average Bonchev–Trinajstić information content (AvgIpc) is 2.59. The molecule has 0 amide bonds. The summed E-state index contributed by atoms with van der Waals surface area (Å²) in [6, 6.07) is 13.0. The molecule has 2 aromatic carbocycles. The number of aryl methyl sites for hydroxylation is 1. The maximum Gasteiger partial charge on any atom is 0.265 e. The van der Waals surface area contributed by atoms with Gasteiger partial charge in [-0.3, -0.25) is 14.2 Å². The summed E-state index contributed by atoms with van der Waals surface area (Å²) in [4.78, 5) is 25.1. The van der Waals surface area contributed by atoms with Gasteiger partial charge in [-0.1, -0.05) is 18.2 Å². The Labute approximate surface area is 143 Å². The molecule has 0 aliphatic rings. The van der Waals surface area contributed by atoms with E-state index in [1.54, 1.807) is 25.1 Å². The molecule has 0 unspecified atom stereocenters. The van der Waals surface area contributed by atoms with Crippen molar-refractivity contribution in [1.29, 1.82) is 0 Å². The van der Waals surface area contributed by atoms with Gasteiger partial charge in [-0.15, -0.1) is 0 Å². The molecule has 1 heterocycles. The van der Waals surface area contributed by atoms with Crippen LogP contribution in [0.3, 0.4) is 0 Å². The molecule has 1 aromatic heterocycles. The van der Waals surface area contributed by atoms with Crippen LogP contribution in [-0.4, -0.2) is 10.4 Å². The Morgan fingerprint density at radius 1 is 1.04 bits per heavy atom. The van der Waals surface area contributed by atoms with E-state index in [4.69, 9.17) is 0 Å². The van der Waals surface area contributed by atoms with Crippen LogP contribution in [0.1, 0.15) is 21.5 Å². The number of Topliss-reactive ketones (excluding diaryl/α,β-unsaturated/α-hetero) is 1. The minimum absolute atomic E-state index is 0.00723. The van der Waals surface area contributed by atoms with Crippen LogP contribution in [0.15, 0.2) is 65.6 Å². The third-order valence-electron chi connectivity index (χ3n) is 3.96. The van der Waals surface area contributed by atoms with Gasteiger partial charge in [0.25, 0.3) is 5.56 Å². The standard InChI is InChI=1S/C20H15F2NO2/c1-13-4-9-16(12-18(13)22)23-10-2-3-17(20(23)25)19(24)11-14-5-7-15(21)8-6-14/h2-10,12H,11H2,1H3. The largest absolute Gasteiger partial charge is 0.294 e. The van der Waals surface area contributed by atoms with Gasteiger partial charge in [-0.05, 0) is 54.4 Å². The fourth-order valence-corrected chi connectivity index (χ4v) is 2.52. The number of pyridine rings is 1. The first-order chi connectivity index (χ1) is 12.0. The van der Waals surface area contributed by atoms with E-state index >= 15 is 0 Å². The van der Waals surface area contributed by atoms with Gasteiger partial charge in [0, 0.05) is 12.6 Å². The molecule has 0 saturated carbocycles. The Morgan fingerprint density at radius 3 is 2.44 bits per heavy atom. The van der Waals surface area contributed by atoms with Crippen LogP contribution in [-0.2, 0) is 6.42 Å². The maximum absolute atomic E-state index is 13.8. The second-order valence-corrected chi connectivity index (χ2v) is 5.76. The van der Waals surface area contributed by atoms with Crippen molar-refractivity contribution < 1.29 is 13.6 Å². The van der Waals surface area contributed by atoms with Crippen LogP contribution < -0.4 is 5.56 Å². The first kappa shape index (κ1) is 16.8. The summed E-state index contributed by atoms with van der Waals surface area (Å²) in [6.45, 7) is 1.63. The van der Waals surface area contributed by atoms with Crippen LogP contribution in [0.2, 0.25) is 0 Å². The number of aromatic nitrogens is 1. The van der Waals surface area contributed by atoms with E-state index in [-0.39, 0.29) is 23.6 Å². The number of rotatable bonds is 4. The van der Waals surface area contributed by atoms with Crippen molar-refractivity contribution in [2.45, 2.75) is 13.3 Å². The predicted molar refractivity (Wildman–Crippen MR) is 91.2 cm³/mol. The van der Waals surface area contributed by atoms with E-state index in [9.17, 15) is 18.4 Å². The second kappa shape index (κ2) is 6.81. The first-order valence-electron chi connectivity index (χ1n) is 7.71. The molecule has 3 rings (SSSR count). The lowest BCUT2D eigenvalue weighted by molar-refractivity contribution is 0.0991. The molecule has 0 fully saturated rings. The fourth-order valence-electron chi connectivity index (χ4n) is 2.52. The molecule has 3 nitrogen and oxygen atoms in total. The Bertz CT molecular complexity index is 991. The fraction of sp³-hybridized carbons (Fsp3) is 0.100. The number of ketones is 1. The van der Waals surface area contributed by atoms with Crippen molar-refractivity contribution >= 4 is 5.78 Å². The predicted octanol–water partition coefficient (Wildman–Crippen LogP) is 3.85. The summed E-state index contributed by atoms with van der Waals surface area (Å²) in [5, 5.41) is 0. The molecular formula is C20H15F2NO2. The summed E-state index contributed by atoms with van der Waals surface area (Å²) in [5.74, 6) is -1.19. The van der Waals surface area contributed by atoms with E-state index in [1.165, 1.54) is 47.2 Å².